The number of ether oxygens (including phenoxy) is 2. The summed E-state index contributed by atoms with van der Waals surface area (Å²) in [5.41, 5.74) is 0.428. The van der Waals surface area contributed by atoms with E-state index in [2.05, 4.69) is 5.32 Å². The summed E-state index contributed by atoms with van der Waals surface area (Å²) < 4.78 is 10.3. The predicted octanol–water partition coefficient (Wildman–Crippen LogP) is 0.164. The Morgan fingerprint density at radius 2 is 1.83 bits per heavy atom. The Kier molecular flexibility index (Phi) is 3.61. The van der Waals surface area contributed by atoms with Gasteiger partial charge in [-0.05, 0) is 19.1 Å². The van der Waals surface area contributed by atoms with Gasteiger partial charge in [0.05, 0.1) is 0 Å². The Bertz CT molecular complexity index is 716. The molecule has 1 saturated heterocycles. The fourth-order valence-electron chi connectivity index (χ4n) is 2.29. The van der Waals surface area contributed by atoms with Crippen molar-refractivity contribution in [1.82, 2.24) is 9.80 Å². The molecule has 5 amide bonds. The number of nitrogens with one attached hydrogen (secondary N) is 1. The highest BCUT2D eigenvalue weighted by atomic mass is 16.7. The lowest BCUT2D eigenvalue weighted by atomic mass is 10.2. The van der Waals surface area contributed by atoms with Gasteiger partial charge in [-0.25, -0.2) is 9.69 Å². The predicted molar refractivity (Wildman–Crippen MR) is 75.7 cm³/mol. The average Bonchev–Trinajstić information content (AvgIpc) is 3.06. The molecule has 1 N–H and O–H groups in total. The first-order chi connectivity index (χ1) is 11.0. The lowest BCUT2D eigenvalue weighted by Crippen LogP contribution is -2.38. The van der Waals surface area contributed by atoms with Gasteiger partial charge in [-0.1, -0.05) is 0 Å². The molecule has 2 aliphatic rings. The van der Waals surface area contributed by atoms with E-state index in [-0.39, 0.29) is 13.3 Å². The molecule has 2 heterocycles. The number of hydrogen-bond donors (Lipinski definition) is 1. The number of urea groups is 1. The highest BCUT2D eigenvalue weighted by Crippen LogP contribution is 2.34. The monoisotopic (exact) mass is 319 g/mol. The van der Waals surface area contributed by atoms with Crippen LogP contribution in [0.3, 0.4) is 0 Å². The zero-order valence-electron chi connectivity index (χ0n) is 12.2. The second-order valence-electron chi connectivity index (χ2n) is 4.84. The fourth-order valence-corrected chi connectivity index (χ4v) is 2.29. The van der Waals surface area contributed by atoms with Crippen LogP contribution in [0, 0.1) is 0 Å². The zero-order chi connectivity index (χ0) is 16.6. The average molecular weight is 319 g/mol. The van der Waals surface area contributed by atoms with Gasteiger partial charge in [-0.3, -0.25) is 19.3 Å². The van der Waals surface area contributed by atoms with Crippen LogP contribution in [0.15, 0.2) is 18.2 Å². The van der Waals surface area contributed by atoms with Crippen molar-refractivity contribution in [1.29, 1.82) is 0 Å². The summed E-state index contributed by atoms with van der Waals surface area (Å²) in [4.78, 5) is 48.6. The summed E-state index contributed by atoms with van der Waals surface area (Å²) in [6.07, 6.45) is 0. The largest absolute Gasteiger partial charge is 0.454 e. The van der Waals surface area contributed by atoms with Gasteiger partial charge >= 0.3 is 17.8 Å². The minimum Gasteiger partial charge on any atom is -0.454 e. The third-order valence-electron chi connectivity index (χ3n) is 3.41. The van der Waals surface area contributed by atoms with Crippen LogP contribution in [0.25, 0.3) is 0 Å². The van der Waals surface area contributed by atoms with Crippen LogP contribution >= 0.6 is 0 Å². The number of amides is 5. The van der Waals surface area contributed by atoms with Crippen LogP contribution in [-0.4, -0.2) is 53.4 Å². The van der Waals surface area contributed by atoms with Gasteiger partial charge in [0.15, 0.2) is 11.5 Å². The van der Waals surface area contributed by atoms with Gasteiger partial charge in [-0.15, -0.1) is 0 Å². The van der Waals surface area contributed by atoms with Crippen molar-refractivity contribution in [3.63, 3.8) is 0 Å². The van der Waals surface area contributed by atoms with Gasteiger partial charge in [0.1, 0.15) is 6.54 Å². The molecular weight excluding hydrogens is 306 g/mol. The molecule has 1 aromatic rings. The maximum Gasteiger partial charge on any atom is 0.334 e. The standard InChI is InChI=1S/C14H13N3O6/c1-2-16-12(19)13(20)17(14(16)21)6-11(18)15-8-3-4-9-10(5-8)23-7-22-9/h3-5H,2,6-7H2,1H3,(H,15,18). The van der Waals surface area contributed by atoms with Gasteiger partial charge in [0.25, 0.3) is 0 Å². The Morgan fingerprint density at radius 1 is 1.13 bits per heavy atom. The molecular formula is C14H13N3O6. The Morgan fingerprint density at radius 3 is 2.52 bits per heavy atom. The van der Waals surface area contributed by atoms with E-state index in [9.17, 15) is 19.2 Å². The molecule has 0 atom stereocenters. The fraction of sp³-hybridized carbons (Fsp3) is 0.286. The maximum absolute atomic E-state index is 12.0. The molecule has 1 fully saturated rings. The van der Waals surface area contributed by atoms with Crippen molar-refractivity contribution in [3.05, 3.63) is 18.2 Å². The zero-order valence-corrected chi connectivity index (χ0v) is 12.2. The molecule has 2 aliphatic heterocycles. The Labute approximate surface area is 130 Å². The molecule has 0 bridgehead atoms. The van der Waals surface area contributed by atoms with Gasteiger partial charge < -0.3 is 14.8 Å². The van der Waals surface area contributed by atoms with Crippen LogP contribution in [-0.2, 0) is 14.4 Å². The molecule has 9 heteroatoms. The van der Waals surface area contributed by atoms with E-state index in [0.29, 0.717) is 22.1 Å². The molecule has 0 radical (unpaired) electrons. The second-order valence-corrected chi connectivity index (χ2v) is 4.84. The minimum absolute atomic E-state index is 0.0731. The maximum atomic E-state index is 12.0. The van der Waals surface area contributed by atoms with E-state index in [1.165, 1.54) is 0 Å². The summed E-state index contributed by atoms with van der Waals surface area (Å²) in [7, 11) is 0. The molecule has 9 nitrogen and oxygen atoms in total. The van der Waals surface area contributed by atoms with Crippen LogP contribution in [0.4, 0.5) is 10.5 Å². The lowest BCUT2D eigenvalue weighted by molar-refractivity contribution is -0.143. The number of benzene rings is 1. The van der Waals surface area contributed by atoms with Crippen molar-refractivity contribution in [3.8, 4) is 11.5 Å². The first-order valence-corrected chi connectivity index (χ1v) is 6.88. The molecule has 23 heavy (non-hydrogen) atoms. The van der Waals surface area contributed by atoms with E-state index < -0.39 is 30.3 Å². The van der Waals surface area contributed by atoms with Crippen LogP contribution in [0.2, 0.25) is 0 Å². The number of nitrogens with zero attached hydrogens (tertiary/aromatic N) is 2. The second kappa shape index (κ2) is 5.59. The number of carbonyl (C=O) groups excluding carboxylic acids is 4. The molecule has 0 spiro atoms. The Balaban J connectivity index is 1.67. The summed E-state index contributed by atoms with van der Waals surface area (Å²) in [6, 6.07) is 4.01. The first-order valence-electron chi connectivity index (χ1n) is 6.88. The number of anilines is 1. The highest BCUT2D eigenvalue weighted by molar-refractivity contribution is 6.45. The van der Waals surface area contributed by atoms with E-state index >= 15 is 0 Å². The number of fused-ring (bicyclic) bond motifs is 1. The lowest BCUT2D eigenvalue weighted by Gasteiger charge is -2.14. The molecule has 0 aliphatic carbocycles. The van der Waals surface area contributed by atoms with E-state index in [1.54, 1.807) is 25.1 Å². The number of hydrogen-bond acceptors (Lipinski definition) is 6. The minimum atomic E-state index is -1.00. The topological polar surface area (TPSA) is 105 Å². The van der Waals surface area contributed by atoms with Crippen LogP contribution < -0.4 is 14.8 Å². The molecule has 120 valence electrons. The molecule has 3 rings (SSSR count). The summed E-state index contributed by atoms with van der Waals surface area (Å²) >= 11 is 0. The normalized spacial score (nSPS) is 16.3. The summed E-state index contributed by atoms with van der Waals surface area (Å²) in [5, 5.41) is 2.54. The SMILES string of the molecule is CCN1C(=O)C(=O)N(CC(=O)Nc2ccc3c(c2)OCO3)C1=O. The molecule has 1 aromatic carbocycles. The first kappa shape index (κ1) is 14.8. The van der Waals surface area contributed by atoms with Crippen LogP contribution in [0.5, 0.6) is 11.5 Å². The molecule has 0 unspecified atom stereocenters. The van der Waals surface area contributed by atoms with E-state index in [0.717, 1.165) is 4.90 Å². The molecule has 0 saturated carbocycles. The van der Waals surface area contributed by atoms with Crippen molar-refractivity contribution < 1.29 is 28.7 Å². The number of imide groups is 2. The smallest absolute Gasteiger partial charge is 0.334 e. The van der Waals surface area contributed by atoms with E-state index in [1.807, 2.05) is 0 Å². The van der Waals surface area contributed by atoms with Crippen molar-refractivity contribution in [2.24, 2.45) is 0 Å². The van der Waals surface area contributed by atoms with Crippen molar-refractivity contribution in [2.45, 2.75) is 6.92 Å². The van der Waals surface area contributed by atoms with Gasteiger partial charge in [0, 0.05) is 18.3 Å². The number of carbonyl (C=O) groups is 4. The molecule has 0 aromatic heterocycles. The quantitative estimate of drug-likeness (QED) is 0.626. The van der Waals surface area contributed by atoms with Crippen LogP contribution in [0.1, 0.15) is 6.92 Å². The van der Waals surface area contributed by atoms with Gasteiger partial charge in [-0.2, -0.15) is 0 Å². The summed E-state index contributed by atoms with van der Waals surface area (Å²) in [6.45, 7) is 1.22. The number of rotatable bonds is 4. The van der Waals surface area contributed by atoms with E-state index in [4.69, 9.17) is 9.47 Å². The third-order valence-corrected chi connectivity index (χ3v) is 3.41. The van der Waals surface area contributed by atoms with Gasteiger partial charge in [0.2, 0.25) is 12.7 Å². The number of likely N-dealkylation sites (N-methyl/N-ethyl adjacent to an activating group) is 1. The van der Waals surface area contributed by atoms with Crippen molar-refractivity contribution in [2.75, 3.05) is 25.2 Å². The highest BCUT2D eigenvalue weighted by Gasteiger charge is 2.44. The van der Waals surface area contributed by atoms with Crippen molar-refractivity contribution >= 4 is 29.4 Å². The Hall–Kier alpha value is -3.10. The summed E-state index contributed by atoms with van der Waals surface area (Å²) in [5.74, 6) is -1.47. The third kappa shape index (κ3) is 2.56.